The molecule has 1 aromatic heterocycles. The number of halogens is 2. The van der Waals surface area contributed by atoms with Gasteiger partial charge in [-0.2, -0.15) is 0 Å². The quantitative estimate of drug-likeness (QED) is 0.605. The van der Waals surface area contributed by atoms with E-state index in [0.29, 0.717) is 26.7 Å². The molecule has 0 radical (unpaired) electrons. The third kappa shape index (κ3) is 4.54. The van der Waals surface area contributed by atoms with Gasteiger partial charge in [-0.05, 0) is 48.5 Å². The van der Waals surface area contributed by atoms with Crippen LogP contribution in [0, 0.1) is 0 Å². The smallest absolute Gasteiger partial charge is 0.256 e. The van der Waals surface area contributed by atoms with Gasteiger partial charge in [-0.3, -0.25) is 4.79 Å². The molecule has 0 unspecified atom stereocenters. The van der Waals surface area contributed by atoms with Crippen LogP contribution in [0.25, 0.3) is 11.3 Å². The Morgan fingerprint density at radius 3 is 2.33 bits per heavy atom. The number of amides is 1. The van der Waals surface area contributed by atoms with Crippen LogP contribution in [0.5, 0.6) is 0 Å². The number of carbonyl (C=O) groups is 1. The predicted molar refractivity (Wildman–Crippen MR) is 97.8 cm³/mol. The van der Waals surface area contributed by atoms with Crippen LogP contribution in [-0.2, 0) is 4.79 Å². The van der Waals surface area contributed by atoms with Gasteiger partial charge in [0.25, 0.3) is 5.22 Å². The fourth-order valence-corrected chi connectivity index (χ4v) is 2.78. The number of nitrogens with zero attached hydrogens (tertiary/aromatic N) is 1. The van der Waals surface area contributed by atoms with Crippen molar-refractivity contribution in [2.75, 3.05) is 11.1 Å². The molecular weight excluding hydrogens is 367 g/mol. The van der Waals surface area contributed by atoms with Crippen LogP contribution in [0.1, 0.15) is 0 Å². The third-order valence-corrected chi connectivity index (χ3v) is 4.41. The van der Waals surface area contributed by atoms with Gasteiger partial charge in [-0.15, -0.1) is 0 Å². The molecule has 4 nitrogen and oxygen atoms in total. The summed E-state index contributed by atoms with van der Waals surface area (Å²) in [5.74, 6) is 0.685. The van der Waals surface area contributed by atoms with E-state index in [1.54, 1.807) is 42.6 Å². The standard InChI is InChI=1S/C17H12Cl2N2O2S/c18-12-3-1-11(2-4-12)15-9-20-17(23-15)24-10-16(22)21-14-7-5-13(19)6-8-14/h1-9H,10H2,(H,21,22). The molecule has 3 aromatic rings. The second-order valence-electron chi connectivity index (χ2n) is 4.84. The Hall–Kier alpha value is -1.95. The topological polar surface area (TPSA) is 55.1 Å². The van der Waals surface area contributed by atoms with Crippen molar-refractivity contribution in [1.29, 1.82) is 0 Å². The first kappa shape index (κ1) is 16.9. The lowest BCUT2D eigenvalue weighted by Crippen LogP contribution is -2.13. The summed E-state index contributed by atoms with van der Waals surface area (Å²) in [7, 11) is 0. The number of aromatic nitrogens is 1. The van der Waals surface area contributed by atoms with Crippen molar-refractivity contribution < 1.29 is 9.21 Å². The van der Waals surface area contributed by atoms with E-state index in [0.717, 1.165) is 5.56 Å². The lowest BCUT2D eigenvalue weighted by atomic mass is 10.2. The molecule has 0 fully saturated rings. The minimum Gasteiger partial charge on any atom is -0.431 e. The van der Waals surface area contributed by atoms with Crippen molar-refractivity contribution in [3.05, 3.63) is 64.8 Å². The molecule has 1 N–H and O–H groups in total. The average Bonchev–Trinajstić information content (AvgIpc) is 3.05. The molecule has 0 bridgehead atoms. The van der Waals surface area contributed by atoms with Crippen molar-refractivity contribution in [2.45, 2.75) is 5.22 Å². The highest BCUT2D eigenvalue weighted by Crippen LogP contribution is 2.26. The fraction of sp³-hybridized carbons (Fsp3) is 0.0588. The number of nitrogens with one attached hydrogen (secondary N) is 1. The summed E-state index contributed by atoms with van der Waals surface area (Å²) in [6, 6.07) is 14.2. The van der Waals surface area contributed by atoms with Gasteiger partial charge in [-0.1, -0.05) is 35.0 Å². The summed E-state index contributed by atoms with van der Waals surface area (Å²) in [6.07, 6.45) is 1.63. The normalized spacial score (nSPS) is 10.6. The van der Waals surface area contributed by atoms with Crippen LogP contribution < -0.4 is 5.32 Å². The molecule has 2 aromatic carbocycles. The summed E-state index contributed by atoms with van der Waals surface area (Å²) in [5.41, 5.74) is 1.57. The van der Waals surface area contributed by atoms with Crippen molar-refractivity contribution in [3.63, 3.8) is 0 Å². The van der Waals surface area contributed by atoms with E-state index in [4.69, 9.17) is 27.6 Å². The van der Waals surface area contributed by atoms with Crippen molar-refractivity contribution in [2.24, 2.45) is 0 Å². The largest absolute Gasteiger partial charge is 0.431 e. The molecule has 0 spiro atoms. The Balaban J connectivity index is 1.56. The van der Waals surface area contributed by atoms with Crippen LogP contribution in [0.3, 0.4) is 0 Å². The summed E-state index contributed by atoms with van der Waals surface area (Å²) < 4.78 is 5.64. The minimum atomic E-state index is -0.145. The molecule has 1 amide bonds. The zero-order valence-electron chi connectivity index (χ0n) is 12.3. The maximum absolute atomic E-state index is 11.9. The van der Waals surface area contributed by atoms with Gasteiger partial charge in [0.15, 0.2) is 5.76 Å². The number of anilines is 1. The first-order chi connectivity index (χ1) is 11.6. The lowest BCUT2D eigenvalue weighted by Gasteiger charge is -2.03. The van der Waals surface area contributed by atoms with E-state index in [9.17, 15) is 4.79 Å². The van der Waals surface area contributed by atoms with E-state index in [2.05, 4.69) is 10.3 Å². The second kappa shape index (κ2) is 7.75. The molecule has 24 heavy (non-hydrogen) atoms. The number of oxazole rings is 1. The minimum absolute atomic E-state index is 0.145. The van der Waals surface area contributed by atoms with E-state index in [1.807, 2.05) is 12.1 Å². The Kier molecular flexibility index (Phi) is 5.45. The van der Waals surface area contributed by atoms with Crippen molar-refractivity contribution >= 4 is 46.6 Å². The Morgan fingerprint density at radius 2 is 1.67 bits per heavy atom. The Labute approximate surface area is 153 Å². The summed E-state index contributed by atoms with van der Waals surface area (Å²) in [5, 5.41) is 4.50. The molecule has 0 aliphatic rings. The number of rotatable bonds is 5. The predicted octanol–water partition coefficient (Wildman–Crippen LogP) is 5.38. The second-order valence-corrected chi connectivity index (χ2v) is 6.64. The molecule has 0 aliphatic carbocycles. The number of thioether (sulfide) groups is 1. The zero-order valence-corrected chi connectivity index (χ0v) is 14.7. The average molecular weight is 379 g/mol. The Bertz CT molecular complexity index is 833. The molecule has 7 heteroatoms. The summed E-state index contributed by atoms with van der Waals surface area (Å²) in [6.45, 7) is 0. The maximum atomic E-state index is 11.9. The van der Waals surface area contributed by atoms with Gasteiger partial charge in [0, 0.05) is 21.3 Å². The highest BCUT2D eigenvalue weighted by Gasteiger charge is 2.10. The molecular formula is C17H12Cl2N2O2S. The third-order valence-electron chi connectivity index (χ3n) is 3.07. The van der Waals surface area contributed by atoms with Crippen LogP contribution >= 0.6 is 35.0 Å². The van der Waals surface area contributed by atoms with Crippen molar-refractivity contribution in [3.8, 4) is 11.3 Å². The van der Waals surface area contributed by atoms with Gasteiger partial charge in [-0.25, -0.2) is 4.98 Å². The first-order valence-corrected chi connectivity index (χ1v) is 8.74. The molecule has 0 saturated carbocycles. The molecule has 0 saturated heterocycles. The fourth-order valence-electron chi connectivity index (χ4n) is 1.93. The Morgan fingerprint density at radius 1 is 1.04 bits per heavy atom. The molecule has 3 rings (SSSR count). The number of carbonyl (C=O) groups excluding carboxylic acids is 1. The van der Waals surface area contributed by atoms with Crippen LogP contribution in [0.4, 0.5) is 5.69 Å². The van der Waals surface area contributed by atoms with Crippen LogP contribution in [0.2, 0.25) is 10.0 Å². The first-order valence-electron chi connectivity index (χ1n) is 7.00. The van der Waals surface area contributed by atoms with Gasteiger partial charge < -0.3 is 9.73 Å². The van der Waals surface area contributed by atoms with Crippen LogP contribution in [-0.4, -0.2) is 16.6 Å². The van der Waals surface area contributed by atoms with E-state index in [-0.39, 0.29) is 11.7 Å². The number of benzene rings is 2. The maximum Gasteiger partial charge on any atom is 0.256 e. The van der Waals surface area contributed by atoms with E-state index < -0.39 is 0 Å². The summed E-state index contributed by atoms with van der Waals surface area (Å²) >= 11 is 12.9. The number of hydrogen-bond donors (Lipinski definition) is 1. The monoisotopic (exact) mass is 378 g/mol. The van der Waals surface area contributed by atoms with E-state index >= 15 is 0 Å². The van der Waals surface area contributed by atoms with Gasteiger partial charge in [0.2, 0.25) is 5.91 Å². The van der Waals surface area contributed by atoms with Gasteiger partial charge in [0.05, 0.1) is 11.9 Å². The van der Waals surface area contributed by atoms with E-state index in [1.165, 1.54) is 11.8 Å². The zero-order chi connectivity index (χ0) is 16.9. The molecule has 1 heterocycles. The number of hydrogen-bond acceptors (Lipinski definition) is 4. The molecule has 122 valence electrons. The van der Waals surface area contributed by atoms with Gasteiger partial charge in [0.1, 0.15) is 0 Å². The lowest BCUT2D eigenvalue weighted by molar-refractivity contribution is -0.113. The SMILES string of the molecule is O=C(CSc1ncc(-c2ccc(Cl)cc2)o1)Nc1ccc(Cl)cc1. The molecule has 0 atom stereocenters. The molecule has 0 aliphatic heterocycles. The van der Waals surface area contributed by atoms with Crippen LogP contribution in [0.15, 0.2) is 64.4 Å². The highest BCUT2D eigenvalue weighted by molar-refractivity contribution is 7.99. The van der Waals surface area contributed by atoms with Crippen molar-refractivity contribution in [1.82, 2.24) is 4.98 Å². The highest BCUT2D eigenvalue weighted by atomic mass is 35.5. The summed E-state index contributed by atoms with van der Waals surface area (Å²) in [4.78, 5) is 16.1. The van der Waals surface area contributed by atoms with Gasteiger partial charge >= 0.3 is 0 Å².